The number of benzene rings is 1. The van der Waals surface area contributed by atoms with Crippen LogP contribution in [0.4, 0.5) is 0 Å². The highest BCUT2D eigenvalue weighted by molar-refractivity contribution is 7.80. The largest absolute Gasteiger partial charge is 0.494 e. The van der Waals surface area contributed by atoms with E-state index < -0.39 is 0 Å². The molecule has 0 amide bonds. The minimum Gasteiger partial charge on any atom is -0.494 e. The van der Waals surface area contributed by atoms with Gasteiger partial charge in [-0.15, -0.1) is 0 Å². The van der Waals surface area contributed by atoms with E-state index in [-0.39, 0.29) is 11.8 Å². The van der Waals surface area contributed by atoms with Gasteiger partial charge >= 0.3 is 0 Å². The molecule has 76 valence electrons. The molecule has 0 aliphatic heterocycles. The van der Waals surface area contributed by atoms with Crippen LogP contribution in [-0.2, 0) is 0 Å². The smallest absolute Gasteiger partial charge is 0.199 e. The molecule has 0 fully saturated rings. The van der Waals surface area contributed by atoms with Crippen molar-refractivity contribution in [2.75, 3.05) is 0 Å². The van der Waals surface area contributed by atoms with Gasteiger partial charge < -0.3 is 10.2 Å². The molecular formula is C11H9NO2S. The number of hydrogen-bond donors (Lipinski definition) is 2. The predicted molar refractivity (Wildman–Crippen MR) is 61.3 cm³/mol. The summed E-state index contributed by atoms with van der Waals surface area (Å²) in [7, 11) is 0. The quantitative estimate of drug-likeness (QED) is 0.722. The molecule has 2 aromatic rings. The van der Waals surface area contributed by atoms with Crippen LogP contribution in [0.2, 0.25) is 0 Å². The molecule has 3 nitrogen and oxygen atoms in total. The second kappa shape index (κ2) is 3.74. The van der Waals surface area contributed by atoms with Gasteiger partial charge in [0.2, 0.25) is 0 Å². The van der Waals surface area contributed by atoms with Gasteiger partial charge in [0, 0.05) is 17.7 Å². The Kier molecular flexibility index (Phi) is 2.43. The average molecular weight is 219 g/mol. The van der Waals surface area contributed by atoms with Crippen LogP contribution in [0.25, 0.3) is 0 Å². The number of hydrogen-bond acceptors (Lipinski definition) is 3. The van der Waals surface area contributed by atoms with Crippen molar-refractivity contribution in [1.82, 2.24) is 4.57 Å². The zero-order valence-corrected chi connectivity index (χ0v) is 8.61. The maximum absolute atomic E-state index is 9.48. The summed E-state index contributed by atoms with van der Waals surface area (Å²) < 4.78 is 1.21. The fraction of sp³-hybridized carbons (Fsp3) is 0. The van der Waals surface area contributed by atoms with Gasteiger partial charge in [-0.3, -0.25) is 0 Å². The Labute approximate surface area is 92.2 Å². The molecule has 15 heavy (non-hydrogen) atoms. The van der Waals surface area contributed by atoms with E-state index in [2.05, 4.69) is 0 Å². The summed E-state index contributed by atoms with van der Waals surface area (Å²) in [5.74, 6) is -0.136. The van der Waals surface area contributed by atoms with Gasteiger partial charge in [-0.2, -0.15) is 0 Å². The van der Waals surface area contributed by atoms with Crippen molar-refractivity contribution in [2.24, 2.45) is 0 Å². The number of aromatic hydroxyl groups is 2. The van der Waals surface area contributed by atoms with Gasteiger partial charge in [0.05, 0.1) is 0 Å². The fourth-order valence-electron chi connectivity index (χ4n) is 1.33. The average Bonchev–Trinajstić information content (AvgIpc) is 2.59. The maximum Gasteiger partial charge on any atom is 0.199 e. The Balaban J connectivity index is 2.46. The third-order valence-electron chi connectivity index (χ3n) is 2.06. The highest BCUT2D eigenvalue weighted by atomic mass is 32.1. The number of nitrogens with zero attached hydrogens (tertiary/aromatic N) is 1. The van der Waals surface area contributed by atoms with Crippen molar-refractivity contribution >= 4 is 17.2 Å². The molecule has 0 aliphatic rings. The lowest BCUT2D eigenvalue weighted by atomic mass is 10.2. The molecular weight excluding hydrogens is 210 g/mol. The standard InChI is InChI=1S/C11H9NO2S/c13-9-6-7-10(14)12(9)11(15)8-4-2-1-3-5-8/h1-7,13-14H. The van der Waals surface area contributed by atoms with Crippen molar-refractivity contribution in [3.05, 3.63) is 48.0 Å². The van der Waals surface area contributed by atoms with Crippen LogP contribution in [0, 0.1) is 0 Å². The Morgan fingerprint density at radius 3 is 2.00 bits per heavy atom. The molecule has 0 spiro atoms. The van der Waals surface area contributed by atoms with E-state index in [1.807, 2.05) is 30.3 Å². The van der Waals surface area contributed by atoms with Crippen molar-refractivity contribution in [3.63, 3.8) is 0 Å². The van der Waals surface area contributed by atoms with Crippen molar-refractivity contribution in [3.8, 4) is 11.8 Å². The molecule has 0 bridgehead atoms. The van der Waals surface area contributed by atoms with Crippen LogP contribution >= 0.6 is 12.2 Å². The molecule has 0 unspecified atom stereocenters. The van der Waals surface area contributed by atoms with Crippen LogP contribution < -0.4 is 0 Å². The lowest BCUT2D eigenvalue weighted by molar-refractivity contribution is 0.410. The molecule has 1 heterocycles. The highest BCUT2D eigenvalue weighted by Gasteiger charge is 2.11. The first-order chi connectivity index (χ1) is 7.20. The molecule has 0 aliphatic carbocycles. The molecule has 0 saturated heterocycles. The first-order valence-electron chi connectivity index (χ1n) is 4.39. The summed E-state index contributed by atoms with van der Waals surface area (Å²) in [5, 5.41) is 19.0. The molecule has 4 heteroatoms. The molecule has 1 aromatic heterocycles. The maximum atomic E-state index is 9.48. The van der Waals surface area contributed by atoms with E-state index >= 15 is 0 Å². The minimum absolute atomic E-state index is 0.0682. The van der Waals surface area contributed by atoms with Gasteiger partial charge in [-0.25, -0.2) is 4.57 Å². The van der Waals surface area contributed by atoms with Gasteiger partial charge in [0.15, 0.2) is 11.8 Å². The lowest BCUT2D eigenvalue weighted by Crippen LogP contribution is -2.09. The van der Waals surface area contributed by atoms with E-state index in [0.717, 1.165) is 5.56 Å². The van der Waals surface area contributed by atoms with Gasteiger partial charge in [0.25, 0.3) is 0 Å². The second-order valence-electron chi connectivity index (χ2n) is 3.06. The third kappa shape index (κ3) is 1.71. The summed E-state index contributed by atoms with van der Waals surface area (Å²) in [4.78, 5) is 0.371. The first kappa shape index (κ1) is 9.73. The molecule has 0 saturated carbocycles. The van der Waals surface area contributed by atoms with Crippen molar-refractivity contribution in [2.45, 2.75) is 0 Å². The molecule has 0 atom stereocenters. The highest BCUT2D eigenvalue weighted by Crippen LogP contribution is 2.22. The Hall–Kier alpha value is -1.81. The van der Waals surface area contributed by atoms with Crippen LogP contribution in [-0.4, -0.2) is 19.8 Å². The SMILES string of the molecule is Oc1ccc(O)n1C(=S)c1ccccc1. The van der Waals surface area contributed by atoms with Crippen molar-refractivity contribution in [1.29, 1.82) is 0 Å². The van der Waals surface area contributed by atoms with Crippen LogP contribution in [0.15, 0.2) is 42.5 Å². The minimum atomic E-state index is -0.0682. The van der Waals surface area contributed by atoms with E-state index in [1.54, 1.807) is 0 Å². The topological polar surface area (TPSA) is 45.4 Å². The van der Waals surface area contributed by atoms with E-state index in [9.17, 15) is 10.2 Å². The Morgan fingerprint density at radius 2 is 1.47 bits per heavy atom. The number of rotatable bonds is 1. The summed E-state index contributed by atoms with van der Waals surface area (Å²) in [6.07, 6.45) is 0. The normalized spacial score (nSPS) is 10.1. The molecule has 2 N–H and O–H groups in total. The Bertz CT molecular complexity index is 471. The summed E-state index contributed by atoms with van der Waals surface area (Å²) in [6.45, 7) is 0. The molecule has 1 aromatic carbocycles. The number of aromatic nitrogens is 1. The van der Waals surface area contributed by atoms with E-state index in [4.69, 9.17) is 12.2 Å². The molecule has 0 radical (unpaired) electrons. The third-order valence-corrected chi connectivity index (χ3v) is 2.48. The van der Waals surface area contributed by atoms with E-state index in [1.165, 1.54) is 16.7 Å². The van der Waals surface area contributed by atoms with Gasteiger partial charge in [0.1, 0.15) is 4.99 Å². The zero-order valence-electron chi connectivity index (χ0n) is 7.79. The van der Waals surface area contributed by atoms with Gasteiger partial charge in [-0.1, -0.05) is 42.5 Å². The lowest BCUT2D eigenvalue weighted by Gasteiger charge is -2.07. The van der Waals surface area contributed by atoms with Crippen LogP contribution in [0.3, 0.4) is 0 Å². The Morgan fingerprint density at radius 1 is 0.933 bits per heavy atom. The van der Waals surface area contributed by atoms with Crippen LogP contribution in [0.1, 0.15) is 5.56 Å². The predicted octanol–water partition coefficient (Wildman–Crippen LogP) is 2.12. The number of thiocarbonyl (C=S) groups is 1. The fourth-order valence-corrected chi connectivity index (χ4v) is 1.66. The summed E-state index contributed by atoms with van der Waals surface area (Å²) in [5.41, 5.74) is 0.773. The second-order valence-corrected chi connectivity index (χ2v) is 3.44. The van der Waals surface area contributed by atoms with Crippen LogP contribution in [0.5, 0.6) is 11.8 Å². The summed E-state index contributed by atoms with van der Waals surface area (Å²) in [6, 6.07) is 12.0. The molecule has 2 rings (SSSR count). The first-order valence-corrected chi connectivity index (χ1v) is 4.80. The van der Waals surface area contributed by atoms with E-state index in [0.29, 0.717) is 4.99 Å². The van der Waals surface area contributed by atoms with Gasteiger partial charge in [-0.05, 0) is 0 Å². The summed E-state index contributed by atoms with van der Waals surface area (Å²) >= 11 is 5.16. The zero-order chi connectivity index (χ0) is 10.8. The van der Waals surface area contributed by atoms with Crippen molar-refractivity contribution < 1.29 is 10.2 Å². The monoisotopic (exact) mass is 219 g/mol.